The lowest BCUT2D eigenvalue weighted by Gasteiger charge is -2.08. The van der Waals surface area contributed by atoms with Gasteiger partial charge in [-0.05, 0) is 18.6 Å². The van der Waals surface area contributed by atoms with E-state index in [2.05, 4.69) is 24.2 Å². The summed E-state index contributed by atoms with van der Waals surface area (Å²) in [6.07, 6.45) is 8.80. The molecular formula is C17H27ClN2. The molecule has 1 aromatic rings. The molecule has 0 saturated heterocycles. The number of nitrogens with one attached hydrogen (secondary N) is 1. The molecule has 1 aromatic carbocycles. The highest BCUT2D eigenvalue weighted by Crippen LogP contribution is 2.23. The third-order valence-electron chi connectivity index (χ3n) is 3.30. The zero-order chi connectivity index (χ0) is 14.6. The minimum absolute atomic E-state index is 0.708. The van der Waals surface area contributed by atoms with Crippen molar-refractivity contribution in [3.8, 4) is 0 Å². The first kappa shape index (κ1) is 17.0. The molecule has 0 bridgehead atoms. The summed E-state index contributed by atoms with van der Waals surface area (Å²) in [5, 5.41) is 4.14. The van der Waals surface area contributed by atoms with Gasteiger partial charge in [0, 0.05) is 13.0 Å². The van der Waals surface area contributed by atoms with Crippen molar-refractivity contribution in [2.24, 2.45) is 4.99 Å². The summed E-state index contributed by atoms with van der Waals surface area (Å²) in [6.45, 7) is 5.37. The van der Waals surface area contributed by atoms with E-state index in [0.29, 0.717) is 5.02 Å². The number of benzene rings is 1. The normalized spacial score (nSPS) is 11.7. The number of aliphatic imine (C=N–C) groups is 1. The fraction of sp³-hybridized carbons (Fsp3) is 0.588. The molecule has 112 valence electrons. The molecule has 0 atom stereocenters. The Bertz CT molecular complexity index is 402. The number of halogens is 1. The average molecular weight is 295 g/mol. The Morgan fingerprint density at radius 2 is 1.75 bits per heavy atom. The molecule has 0 spiro atoms. The average Bonchev–Trinajstić information content (AvgIpc) is 2.47. The topological polar surface area (TPSA) is 24.4 Å². The van der Waals surface area contributed by atoms with Crippen LogP contribution in [0, 0.1) is 0 Å². The molecule has 1 N–H and O–H groups in total. The minimum atomic E-state index is 0.708. The van der Waals surface area contributed by atoms with Gasteiger partial charge >= 0.3 is 0 Å². The molecule has 0 amide bonds. The van der Waals surface area contributed by atoms with Crippen LogP contribution in [0.15, 0.2) is 29.3 Å². The number of para-hydroxylation sites is 1. The van der Waals surface area contributed by atoms with E-state index < -0.39 is 0 Å². The van der Waals surface area contributed by atoms with Gasteiger partial charge in [0.25, 0.3) is 0 Å². The molecule has 1 rings (SSSR count). The van der Waals surface area contributed by atoms with Crippen LogP contribution >= 0.6 is 11.6 Å². The fourth-order valence-corrected chi connectivity index (χ4v) is 2.25. The van der Waals surface area contributed by atoms with Crippen molar-refractivity contribution in [2.45, 2.75) is 58.8 Å². The molecule has 0 heterocycles. The predicted octanol–water partition coefficient (Wildman–Crippen LogP) is 5.73. The van der Waals surface area contributed by atoms with Gasteiger partial charge in [0.15, 0.2) is 0 Å². The van der Waals surface area contributed by atoms with E-state index >= 15 is 0 Å². The second-order valence-electron chi connectivity index (χ2n) is 5.06. The van der Waals surface area contributed by atoms with Crippen LogP contribution in [0.25, 0.3) is 0 Å². The smallest absolute Gasteiger partial charge is 0.102 e. The Kier molecular flexibility index (Phi) is 9.14. The number of hydrogen-bond donors (Lipinski definition) is 1. The molecule has 20 heavy (non-hydrogen) atoms. The summed E-state index contributed by atoms with van der Waals surface area (Å²) < 4.78 is 0. The van der Waals surface area contributed by atoms with Crippen LogP contribution in [-0.4, -0.2) is 12.4 Å². The first-order valence-corrected chi connectivity index (χ1v) is 8.21. The number of hydrogen-bond acceptors (Lipinski definition) is 1. The van der Waals surface area contributed by atoms with Crippen LogP contribution < -0.4 is 5.32 Å². The number of nitrogens with zero attached hydrogens (tertiary/aromatic N) is 1. The van der Waals surface area contributed by atoms with Crippen molar-refractivity contribution < 1.29 is 0 Å². The predicted molar refractivity (Wildman–Crippen MR) is 90.2 cm³/mol. The highest BCUT2D eigenvalue weighted by molar-refractivity contribution is 6.33. The third kappa shape index (κ3) is 6.95. The highest BCUT2D eigenvalue weighted by atomic mass is 35.5. The summed E-state index contributed by atoms with van der Waals surface area (Å²) >= 11 is 6.12. The Morgan fingerprint density at radius 3 is 2.45 bits per heavy atom. The molecule has 0 aliphatic heterocycles. The van der Waals surface area contributed by atoms with Crippen molar-refractivity contribution >= 4 is 23.1 Å². The van der Waals surface area contributed by atoms with Crippen molar-refractivity contribution in [3.05, 3.63) is 29.3 Å². The lowest BCUT2D eigenvalue weighted by molar-refractivity contribution is 0.601. The third-order valence-corrected chi connectivity index (χ3v) is 3.62. The van der Waals surface area contributed by atoms with Gasteiger partial charge in [0.1, 0.15) is 5.84 Å². The number of rotatable bonds is 9. The molecule has 3 heteroatoms. The lowest BCUT2D eigenvalue weighted by atomic mass is 10.1. The first-order chi connectivity index (χ1) is 9.77. The Balaban J connectivity index is 2.31. The van der Waals surface area contributed by atoms with Gasteiger partial charge in [0.2, 0.25) is 0 Å². The van der Waals surface area contributed by atoms with Gasteiger partial charge < -0.3 is 5.32 Å². The number of unbranched alkanes of at least 4 members (excludes halogenated alkanes) is 5. The molecule has 0 aliphatic carbocycles. The van der Waals surface area contributed by atoms with E-state index in [1.807, 2.05) is 24.3 Å². The molecule has 0 fully saturated rings. The Labute approximate surface area is 128 Å². The van der Waals surface area contributed by atoms with Crippen molar-refractivity contribution in [3.63, 3.8) is 0 Å². The van der Waals surface area contributed by atoms with E-state index in [4.69, 9.17) is 11.6 Å². The largest absolute Gasteiger partial charge is 0.374 e. The summed E-state index contributed by atoms with van der Waals surface area (Å²) in [5.41, 5.74) is 0.849. The van der Waals surface area contributed by atoms with Crippen molar-refractivity contribution in [2.75, 3.05) is 6.54 Å². The van der Waals surface area contributed by atoms with Crippen molar-refractivity contribution in [1.82, 2.24) is 5.32 Å². The van der Waals surface area contributed by atoms with Crippen LogP contribution in [0.5, 0.6) is 0 Å². The standard InChI is InChI=1S/C17H27ClN2/c1-3-5-6-7-8-11-14-19-17(4-2)20-16-13-10-9-12-15(16)18/h9-10,12-13H,3-8,11,14H2,1-2H3,(H,19,20). The zero-order valence-electron chi connectivity index (χ0n) is 12.8. The SMILES string of the molecule is CCCCCCCCN/C(CC)=N\c1ccccc1Cl. The lowest BCUT2D eigenvalue weighted by Crippen LogP contribution is -2.23. The van der Waals surface area contributed by atoms with Gasteiger partial charge in [-0.1, -0.05) is 69.7 Å². The van der Waals surface area contributed by atoms with Crippen molar-refractivity contribution in [1.29, 1.82) is 0 Å². The molecule has 0 radical (unpaired) electrons. The summed E-state index contributed by atoms with van der Waals surface area (Å²) in [5.74, 6) is 1.02. The summed E-state index contributed by atoms with van der Waals surface area (Å²) in [4.78, 5) is 4.60. The van der Waals surface area contributed by atoms with E-state index in [9.17, 15) is 0 Å². The number of amidine groups is 1. The van der Waals surface area contributed by atoms with E-state index in [1.165, 1.54) is 38.5 Å². The second-order valence-corrected chi connectivity index (χ2v) is 5.47. The highest BCUT2D eigenvalue weighted by Gasteiger charge is 2.00. The Hall–Kier alpha value is -1.02. The minimum Gasteiger partial charge on any atom is -0.374 e. The van der Waals surface area contributed by atoms with E-state index in [1.54, 1.807) is 0 Å². The van der Waals surface area contributed by atoms with Gasteiger partial charge in [-0.3, -0.25) is 0 Å². The molecule has 2 nitrogen and oxygen atoms in total. The Morgan fingerprint density at radius 1 is 1.05 bits per heavy atom. The molecule has 0 saturated carbocycles. The monoisotopic (exact) mass is 294 g/mol. The quantitative estimate of drug-likeness (QED) is 0.351. The van der Waals surface area contributed by atoms with Crippen LogP contribution in [0.4, 0.5) is 5.69 Å². The van der Waals surface area contributed by atoms with Gasteiger partial charge in [-0.25, -0.2) is 4.99 Å². The van der Waals surface area contributed by atoms with E-state index in [-0.39, 0.29) is 0 Å². The zero-order valence-corrected chi connectivity index (χ0v) is 13.5. The van der Waals surface area contributed by atoms with Crippen LogP contribution in [0.3, 0.4) is 0 Å². The molecular weight excluding hydrogens is 268 g/mol. The fourth-order valence-electron chi connectivity index (χ4n) is 2.07. The van der Waals surface area contributed by atoms with Crippen LogP contribution in [0.2, 0.25) is 5.02 Å². The van der Waals surface area contributed by atoms with Gasteiger partial charge in [0.05, 0.1) is 10.7 Å². The van der Waals surface area contributed by atoms with Crippen LogP contribution in [0.1, 0.15) is 58.8 Å². The van der Waals surface area contributed by atoms with Gasteiger partial charge in [-0.15, -0.1) is 0 Å². The maximum absolute atomic E-state index is 6.12. The van der Waals surface area contributed by atoms with E-state index in [0.717, 1.165) is 24.5 Å². The second kappa shape index (κ2) is 10.7. The maximum Gasteiger partial charge on any atom is 0.102 e. The van der Waals surface area contributed by atoms with Crippen LogP contribution in [-0.2, 0) is 0 Å². The molecule has 0 unspecified atom stereocenters. The summed E-state index contributed by atoms with van der Waals surface area (Å²) in [7, 11) is 0. The molecule has 0 aromatic heterocycles. The maximum atomic E-state index is 6.12. The molecule has 0 aliphatic rings. The summed E-state index contributed by atoms with van der Waals surface area (Å²) in [6, 6.07) is 7.72. The van der Waals surface area contributed by atoms with Gasteiger partial charge in [-0.2, -0.15) is 0 Å². The first-order valence-electron chi connectivity index (χ1n) is 7.83.